The van der Waals surface area contributed by atoms with Gasteiger partial charge in [0.05, 0.1) is 24.1 Å². The van der Waals surface area contributed by atoms with Gasteiger partial charge in [-0.1, -0.05) is 23.8 Å². The largest absolute Gasteiger partial charge is 0.504 e. The van der Waals surface area contributed by atoms with E-state index in [1.54, 1.807) is 6.92 Å². The summed E-state index contributed by atoms with van der Waals surface area (Å²) < 4.78 is 79.0. The van der Waals surface area contributed by atoms with Crippen LogP contribution in [0.5, 0.6) is 11.5 Å². The molecule has 2 aliphatic heterocycles. The zero-order valence-corrected chi connectivity index (χ0v) is 28.5. The molecule has 0 spiro atoms. The van der Waals surface area contributed by atoms with Gasteiger partial charge in [0.1, 0.15) is 5.69 Å². The molecule has 6 atom stereocenters. The van der Waals surface area contributed by atoms with Gasteiger partial charge in [0.25, 0.3) is 11.8 Å². The number of aromatic hydroxyl groups is 1. The van der Waals surface area contributed by atoms with Crippen LogP contribution in [0, 0.1) is 46.8 Å². The summed E-state index contributed by atoms with van der Waals surface area (Å²) in [5.41, 5.74) is -1.46. The van der Waals surface area contributed by atoms with Crippen LogP contribution < -0.4 is 14.5 Å². The van der Waals surface area contributed by atoms with E-state index in [1.165, 1.54) is 55.5 Å². The van der Waals surface area contributed by atoms with Crippen LogP contribution in [0.4, 0.5) is 33.3 Å². The number of Topliss-reactive ketones (excluding diaryl/α,β-unsaturated/α-hetero) is 1. The number of phenols is 1. The average molecular weight is 763 g/mol. The molecule has 270 valence electrons. The van der Waals surface area contributed by atoms with E-state index >= 15 is 8.78 Å². The van der Waals surface area contributed by atoms with E-state index in [9.17, 15) is 42.3 Å². The van der Waals surface area contributed by atoms with Crippen molar-refractivity contribution >= 4 is 64.0 Å². The number of para-hydroxylation sites is 1. The van der Waals surface area contributed by atoms with Gasteiger partial charge < -0.3 is 9.84 Å². The highest BCUT2D eigenvalue weighted by Crippen LogP contribution is 2.67. The van der Waals surface area contributed by atoms with Crippen LogP contribution >= 0.6 is 23.2 Å². The molecule has 0 aromatic heterocycles. The summed E-state index contributed by atoms with van der Waals surface area (Å²) in [5.74, 6) is -23.2. The first kappa shape index (κ1) is 35.6. The Balaban J connectivity index is 1.43. The van der Waals surface area contributed by atoms with Crippen molar-refractivity contribution in [3.05, 3.63) is 94.3 Å². The molecule has 3 fully saturated rings. The number of benzene rings is 3. The standard InChI is InChI=1S/C36H25Cl2F5N2O7/c1-3-52-21-6-4-5-19(30(21)47)23-17-11-12-18-22(32(49)44(31(18)48)16-9-7-15(8-10-16)14(2)46)20(17)13-35(37)33(50)45(34(51)36(23,35)38)29-27(42)25(40)24(39)26(41)28(29)43/h4-11,18,20,22-23,47H,3,12-13H2,1-2H3/t18-,20+,22-,23+,35+,36-/m0/s1. The number of carbonyl (C=O) groups is 5. The number of imide groups is 2. The number of phenolic OH excluding ortho intramolecular Hbond substituents is 1. The number of carbonyl (C=O) groups excluding carboxylic acids is 5. The Labute approximate surface area is 301 Å². The third-order valence-electron chi connectivity index (χ3n) is 10.4. The van der Waals surface area contributed by atoms with Crippen molar-refractivity contribution in [3.63, 3.8) is 0 Å². The first-order valence-corrected chi connectivity index (χ1v) is 16.7. The smallest absolute Gasteiger partial charge is 0.258 e. The fourth-order valence-electron chi connectivity index (χ4n) is 8.06. The van der Waals surface area contributed by atoms with Gasteiger partial charge in [-0.3, -0.25) is 28.9 Å². The second-order valence-corrected chi connectivity index (χ2v) is 14.2. The zero-order chi connectivity index (χ0) is 37.8. The number of alkyl halides is 2. The van der Waals surface area contributed by atoms with Crippen LogP contribution in [0.1, 0.15) is 48.5 Å². The van der Waals surface area contributed by atoms with Crippen molar-refractivity contribution < 1.29 is 55.8 Å². The molecule has 16 heteroatoms. The number of halogens is 7. The maximum atomic E-state index is 15.3. The predicted molar refractivity (Wildman–Crippen MR) is 175 cm³/mol. The summed E-state index contributed by atoms with van der Waals surface area (Å²) in [6.45, 7) is 3.02. The summed E-state index contributed by atoms with van der Waals surface area (Å²) in [7, 11) is 0. The van der Waals surface area contributed by atoms with Gasteiger partial charge in [-0.25, -0.2) is 26.9 Å². The summed E-state index contributed by atoms with van der Waals surface area (Å²) >= 11 is 14.3. The normalized spacial score (nSPS) is 28.1. The Morgan fingerprint density at radius 2 is 1.48 bits per heavy atom. The zero-order valence-electron chi connectivity index (χ0n) is 27.0. The van der Waals surface area contributed by atoms with Gasteiger partial charge in [0.15, 0.2) is 50.3 Å². The lowest BCUT2D eigenvalue weighted by Gasteiger charge is -2.50. The van der Waals surface area contributed by atoms with E-state index < -0.39 is 104 Å². The van der Waals surface area contributed by atoms with Gasteiger partial charge in [0, 0.05) is 17.0 Å². The molecule has 2 saturated heterocycles. The Bertz CT molecular complexity index is 2150. The van der Waals surface area contributed by atoms with Crippen molar-refractivity contribution in [1.29, 1.82) is 0 Å². The summed E-state index contributed by atoms with van der Waals surface area (Å²) in [4.78, 5) is 63.8. The molecule has 3 aromatic carbocycles. The molecule has 4 aliphatic rings. The number of hydrogen-bond donors (Lipinski definition) is 1. The number of rotatable bonds is 6. The molecule has 0 radical (unpaired) electrons. The van der Waals surface area contributed by atoms with Crippen LogP contribution in [-0.4, -0.2) is 50.9 Å². The minimum atomic E-state index is -2.81. The molecule has 0 unspecified atom stereocenters. The second-order valence-electron chi connectivity index (χ2n) is 12.9. The Morgan fingerprint density at radius 1 is 0.865 bits per heavy atom. The highest BCUT2D eigenvalue weighted by Gasteiger charge is 2.77. The first-order valence-electron chi connectivity index (χ1n) is 15.9. The van der Waals surface area contributed by atoms with Crippen LogP contribution in [-0.2, 0) is 19.2 Å². The van der Waals surface area contributed by atoms with Gasteiger partial charge >= 0.3 is 0 Å². The molecule has 9 nitrogen and oxygen atoms in total. The SMILES string of the molecule is CCOc1cccc([C@H]2C3=CC[C@@H]4C(=O)N(c5ccc(C(C)=O)cc5)C(=O)[C@@H]4[C@@H]3C[C@@]3(Cl)C(=O)N(c4c(F)c(F)c(F)c(F)c4F)C(=O)[C@@]23Cl)c1O. The van der Waals surface area contributed by atoms with Crippen molar-refractivity contribution in [2.75, 3.05) is 16.4 Å². The minimum absolute atomic E-state index is 0.0630. The third kappa shape index (κ3) is 4.55. The molecule has 2 aliphatic carbocycles. The summed E-state index contributed by atoms with van der Waals surface area (Å²) in [6, 6.07) is 9.77. The number of hydrogen-bond acceptors (Lipinski definition) is 7. The fourth-order valence-corrected chi connectivity index (χ4v) is 8.98. The Morgan fingerprint density at radius 3 is 2.08 bits per heavy atom. The lowest BCUT2D eigenvalue weighted by molar-refractivity contribution is -0.125. The maximum Gasteiger partial charge on any atom is 0.258 e. The van der Waals surface area contributed by atoms with Crippen LogP contribution in [0.3, 0.4) is 0 Å². The van der Waals surface area contributed by atoms with Crippen molar-refractivity contribution in [1.82, 2.24) is 0 Å². The average Bonchev–Trinajstić information content (AvgIpc) is 3.46. The third-order valence-corrected chi connectivity index (χ3v) is 11.8. The van der Waals surface area contributed by atoms with Gasteiger partial charge in [-0.05, 0) is 62.9 Å². The number of allylic oxidation sites excluding steroid dienone is 2. The molecule has 7 rings (SSSR count). The number of anilines is 2. The molecule has 2 heterocycles. The second kappa shape index (κ2) is 12.1. The molecule has 0 bridgehead atoms. The molecule has 3 aromatic rings. The van der Waals surface area contributed by atoms with E-state index in [2.05, 4.69) is 0 Å². The molecular formula is C36H25Cl2F5N2O7. The number of nitrogens with zero attached hydrogens (tertiary/aromatic N) is 2. The molecular weight excluding hydrogens is 738 g/mol. The first-order chi connectivity index (χ1) is 24.5. The van der Waals surface area contributed by atoms with E-state index in [4.69, 9.17) is 27.9 Å². The van der Waals surface area contributed by atoms with Crippen molar-refractivity contribution in [2.24, 2.45) is 17.8 Å². The Hall–Kier alpha value is -4.82. The van der Waals surface area contributed by atoms with Crippen LogP contribution in [0.15, 0.2) is 54.1 Å². The fraction of sp³-hybridized carbons (Fsp3) is 0.306. The van der Waals surface area contributed by atoms with E-state index in [1.807, 2.05) is 0 Å². The number of ketones is 1. The Kier molecular flexibility index (Phi) is 8.29. The van der Waals surface area contributed by atoms with Crippen LogP contribution in [0.2, 0.25) is 0 Å². The highest BCUT2D eigenvalue weighted by molar-refractivity contribution is 6.58. The lowest BCUT2D eigenvalue weighted by Crippen LogP contribution is -2.60. The number of amides is 4. The number of fused-ring (bicyclic) bond motifs is 4. The van der Waals surface area contributed by atoms with Crippen molar-refractivity contribution in [2.45, 2.75) is 42.4 Å². The monoisotopic (exact) mass is 762 g/mol. The molecule has 1 saturated carbocycles. The molecule has 52 heavy (non-hydrogen) atoms. The van der Waals surface area contributed by atoms with E-state index in [0.29, 0.717) is 5.56 Å². The van der Waals surface area contributed by atoms with Gasteiger partial charge in [-0.15, -0.1) is 23.2 Å². The summed E-state index contributed by atoms with van der Waals surface area (Å²) in [5, 5.41) is 11.5. The van der Waals surface area contributed by atoms with Crippen LogP contribution in [0.25, 0.3) is 0 Å². The highest BCUT2D eigenvalue weighted by atomic mass is 35.5. The minimum Gasteiger partial charge on any atom is -0.504 e. The summed E-state index contributed by atoms with van der Waals surface area (Å²) in [6.07, 6.45) is 0.702. The maximum absolute atomic E-state index is 15.3. The topological polar surface area (TPSA) is 121 Å². The molecule has 1 N–H and O–H groups in total. The quantitative estimate of drug-likeness (QED) is 0.0583. The van der Waals surface area contributed by atoms with E-state index in [-0.39, 0.29) is 46.3 Å². The van der Waals surface area contributed by atoms with Gasteiger partial charge in [-0.2, -0.15) is 0 Å². The molecule has 4 amide bonds. The lowest BCUT2D eigenvalue weighted by atomic mass is 9.56. The van der Waals surface area contributed by atoms with Crippen molar-refractivity contribution in [3.8, 4) is 11.5 Å². The van der Waals surface area contributed by atoms with E-state index in [0.717, 1.165) is 4.90 Å². The predicted octanol–water partition coefficient (Wildman–Crippen LogP) is 6.46. The number of ether oxygens (including phenoxy) is 1. The van der Waals surface area contributed by atoms with Gasteiger partial charge in [0.2, 0.25) is 17.6 Å².